The first-order valence-corrected chi connectivity index (χ1v) is 7.75. The van der Waals surface area contributed by atoms with Gasteiger partial charge in [0, 0.05) is 21.9 Å². The molecule has 4 heteroatoms. The molecule has 0 atom stereocenters. The molecule has 1 heterocycles. The number of hydrogen-bond acceptors (Lipinski definition) is 3. The van der Waals surface area contributed by atoms with E-state index in [1.807, 2.05) is 24.3 Å². The first-order chi connectivity index (χ1) is 11.2. The Labute approximate surface area is 133 Å². The highest BCUT2D eigenvalue weighted by Crippen LogP contribution is 2.38. The van der Waals surface area contributed by atoms with Crippen molar-refractivity contribution >= 4 is 28.3 Å². The van der Waals surface area contributed by atoms with Gasteiger partial charge in [-0.2, -0.15) is 5.26 Å². The highest BCUT2D eigenvalue weighted by molar-refractivity contribution is 6.34. The van der Waals surface area contributed by atoms with E-state index in [9.17, 15) is 14.9 Å². The number of carbonyl (C=O) groups is 2. The number of nitrogens with zero attached hydrogens (tertiary/aromatic N) is 2. The van der Waals surface area contributed by atoms with E-state index in [1.165, 1.54) is 4.90 Å². The third-order valence-corrected chi connectivity index (χ3v) is 4.65. The lowest BCUT2D eigenvalue weighted by Crippen LogP contribution is -2.31. The van der Waals surface area contributed by atoms with Gasteiger partial charge in [0.05, 0.1) is 17.3 Å². The van der Waals surface area contributed by atoms with Crippen LogP contribution in [0.5, 0.6) is 0 Å². The number of benzene rings is 2. The molecule has 23 heavy (non-hydrogen) atoms. The van der Waals surface area contributed by atoms with Crippen LogP contribution in [0.25, 0.3) is 10.8 Å². The molecule has 0 saturated heterocycles. The fourth-order valence-corrected chi connectivity index (χ4v) is 3.53. The van der Waals surface area contributed by atoms with Crippen molar-refractivity contribution in [2.24, 2.45) is 0 Å². The fraction of sp³-hybridized carbons (Fsp3) is 0.211. The molecule has 1 aliphatic carbocycles. The molecular formula is C19H14N2O2. The number of carbonyl (C=O) groups excluding carboxylic acids is 2. The zero-order valence-electron chi connectivity index (χ0n) is 12.5. The SMILES string of the molecule is N#Cc1ccc(N2C(=O)C3=C(CCCC3)C2=O)c2ccccc12. The minimum atomic E-state index is -0.195. The van der Waals surface area contributed by atoms with Crippen LogP contribution >= 0.6 is 0 Å². The number of fused-ring (bicyclic) bond motifs is 1. The summed E-state index contributed by atoms with van der Waals surface area (Å²) in [5, 5.41) is 10.8. The van der Waals surface area contributed by atoms with E-state index < -0.39 is 0 Å². The number of imide groups is 1. The Kier molecular flexibility index (Phi) is 3.02. The van der Waals surface area contributed by atoms with Gasteiger partial charge < -0.3 is 0 Å². The molecule has 2 amide bonds. The molecule has 2 aromatic carbocycles. The monoisotopic (exact) mass is 302 g/mol. The predicted molar refractivity (Wildman–Crippen MR) is 86.7 cm³/mol. The van der Waals surface area contributed by atoms with Crippen molar-refractivity contribution in [3.63, 3.8) is 0 Å². The largest absolute Gasteiger partial charge is 0.269 e. The Morgan fingerprint density at radius 2 is 1.48 bits per heavy atom. The van der Waals surface area contributed by atoms with Gasteiger partial charge in [0.15, 0.2) is 0 Å². The number of rotatable bonds is 1. The summed E-state index contributed by atoms with van der Waals surface area (Å²) in [5.74, 6) is -0.390. The van der Waals surface area contributed by atoms with Crippen molar-refractivity contribution in [1.82, 2.24) is 0 Å². The molecule has 4 rings (SSSR count). The first-order valence-electron chi connectivity index (χ1n) is 7.75. The second-order valence-corrected chi connectivity index (χ2v) is 5.90. The van der Waals surface area contributed by atoms with Crippen LogP contribution in [0.3, 0.4) is 0 Å². The lowest BCUT2D eigenvalue weighted by atomic mass is 9.93. The molecule has 0 unspecified atom stereocenters. The van der Waals surface area contributed by atoms with E-state index in [-0.39, 0.29) is 11.8 Å². The van der Waals surface area contributed by atoms with Crippen LogP contribution in [0.4, 0.5) is 5.69 Å². The van der Waals surface area contributed by atoms with E-state index in [1.54, 1.807) is 12.1 Å². The van der Waals surface area contributed by atoms with Gasteiger partial charge in [0.1, 0.15) is 0 Å². The Balaban J connectivity index is 1.90. The van der Waals surface area contributed by atoms with Crippen LogP contribution < -0.4 is 4.90 Å². The molecule has 4 nitrogen and oxygen atoms in total. The molecule has 0 aromatic heterocycles. The van der Waals surface area contributed by atoms with Crippen molar-refractivity contribution in [3.8, 4) is 6.07 Å². The molecule has 2 aromatic rings. The number of anilines is 1. The molecule has 1 aliphatic heterocycles. The zero-order chi connectivity index (χ0) is 16.0. The minimum Gasteiger partial charge on any atom is -0.269 e. The van der Waals surface area contributed by atoms with Crippen LogP contribution in [-0.4, -0.2) is 11.8 Å². The lowest BCUT2D eigenvalue weighted by Gasteiger charge is -2.18. The summed E-state index contributed by atoms with van der Waals surface area (Å²) in [6, 6.07) is 12.9. The van der Waals surface area contributed by atoms with Crippen LogP contribution in [0.2, 0.25) is 0 Å². The maximum Gasteiger partial charge on any atom is 0.261 e. The number of amides is 2. The highest BCUT2D eigenvalue weighted by Gasteiger charge is 2.40. The summed E-state index contributed by atoms with van der Waals surface area (Å²) in [6.07, 6.45) is 3.29. The van der Waals surface area contributed by atoms with Crippen molar-refractivity contribution in [3.05, 3.63) is 53.1 Å². The molecule has 2 aliphatic rings. The third kappa shape index (κ3) is 1.90. The van der Waals surface area contributed by atoms with E-state index >= 15 is 0 Å². The summed E-state index contributed by atoms with van der Waals surface area (Å²) in [7, 11) is 0. The van der Waals surface area contributed by atoms with Crippen molar-refractivity contribution in [2.45, 2.75) is 25.7 Å². The molecule has 0 radical (unpaired) electrons. The van der Waals surface area contributed by atoms with Gasteiger partial charge in [-0.25, -0.2) is 4.90 Å². The van der Waals surface area contributed by atoms with Crippen LogP contribution in [-0.2, 0) is 9.59 Å². The average Bonchev–Trinajstić information content (AvgIpc) is 2.85. The third-order valence-electron chi connectivity index (χ3n) is 4.65. The molecule has 0 saturated carbocycles. The van der Waals surface area contributed by atoms with E-state index in [2.05, 4.69) is 6.07 Å². The van der Waals surface area contributed by atoms with Gasteiger partial charge in [0.2, 0.25) is 0 Å². The summed E-state index contributed by atoms with van der Waals surface area (Å²) in [6.45, 7) is 0. The smallest absolute Gasteiger partial charge is 0.261 e. The van der Waals surface area contributed by atoms with Gasteiger partial charge in [-0.15, -0.1) is 0 Å². The predicted octanol–water partition coefficient (Wildman–Crippen LogP) is 3.46. The first kappa shape index (κ1) is 13.7. The van der Waals surface area contributed by atoms with Crippen LogP contribution in [0.15, 0.2) is 47.5 Å². The molecular weight excluding hydrogens is 288 g/mol. The van der Waals surface area contributed by atoms with Gasteiger partial charge in [-0.3, -0.25) is 9.59 Å². The molecule has 0 N–H and O–H groups in total. The fourth-order valence-electron chi connectivity index (χ4n) is 3.53. The van der Waals surface area contributed by atoms with Crippen molar-refractivity contribution in [1.29, 1.82) is 5.26 Å². The standard InChI is InChI=1S/C19H14N2O2/c20-11-12-9-10-17(14-6-2-1-5-13(12)14)21-18(22)15-7-3-4-8-16(15)19(21)23/h1-2,5-6,9-10H,3-4,7-8H2. The number of hydrogen-bond donors (Lipinski definition) is 0. The van der Waals surface area contributed by atoms with Gasteiger partial charge in [-0.1, -0.05) is 24.3 Å². The van der Waals surface area contributed by atoms with E-state index in [4.69, 9.17) is 0 Å². The Morgan fingerprint density at radius 3 is 2.09 bits per heavy atom. The molecule has 0 spiro atoms. The molecule has 0 bridgehead atoms. The summed E-state index contributed by atoms with van der Waals surface area (Å²) in [4.78, 5) is 26.8. The number of nitriles is 1. The van der Waals surface area contributed by atoms with E-state index in [0.29, 0.717) is 35.2 Å². The van der Waals surface area contributed by atoms with Crippen molar-refractivity contribution < 1.29 is 9.59 Å². The highest BCUT2D eigenvalue weighted by atomic mass is 16.2. The maximum atomic E-state index is 12.7. The maximum absolute atomic E-state index is 12.7. The van der Waals surface area contributed by atoms with Crippen LogP contribution in [0.1, 0.15) is 31.2 Å². The normalized spacial score (nSPS) is 17.6. The molecule has 112 valence electrons. The summed E-state index contributed by atoms with van der Waals surface area (Å²) < 4.78 is 0. The Morgan fingerprint density at radius 1 is 0.870 bits per heavy atom. The topological polar surface area (TPSA) is 61.2 Å². The Bertz CT molecular complexity index is 906. The zero-order valence-corrected chi connectivity index (χ0v) is 12.5. The average molecular weight is 302 g/mol. The lowest BCUT2D eigenvalue weighted by molar-refractivity contribution is -0.120. The molecule has 0 fully saturated rings. The quantitative estimate of drug-likeness (QED) is 0.758. The van der Waals surface area contributed by atoms with Gasteiger partial charge in [-0.05, 0) is 37.8 Å². The van der Waals surface area contributed by atoms with Gasteiger partial charge in [0.25, 0.3) is 11.8 Å². The van der Waals surface area contributed by atoms with Crippen LogP contribution in [0, 0.1) is 11.3 Å². The van der Waals surface area contributed by atoms with Gasteiger partial charge >= 0.3 is 0 Å². The second kappa shape index (κ2) is 5.06. The second-order valence-electron chi connectivity index (χ2n) is 5.90. The van der Waals surface area contributed by atoms with Crippen molar-refractivity contribution in [2.75, 3.05) is 4.90 Å². The summed E-state index contributed by atoms with van der Waals surface area (Å²) >= 11 is 0. The van der Waals surface area contributed by atoms with E-state index in [0.717, 1.165) is 23.6 Å². The summed E-state index contributed by atoms with van der Waals surface area (Å²) in [5.41, 5.74) is 2.47. The Hall–Kier alpha value is -2.93. The minimum absolute atomic E-state index is 0.195.